The van der Waals surface area contributed by atoms with Gasteiger partial charge in [-0.3, -0.25) is 0 Å². The van der Waals surface area contributed by atoms with Crippen LogP contribution >= 0.6 is 0 Å². The minimum absolute atomic E-state index is 1.10. The third kappa shape index (κ3) is 4.98. The molecule has 0 aliphatic carbocycles. The van der Waals surface area contributed by atoms with Gasteiger partial charge in [-0.05, 0) is 110 Å². The third-order valence-corrected chi connectivity index (χ3v) is 8.59. The second-order valence-electron chi connectivity index (χ2n) is 11.6. The van der Waals surface area contributed by atoms with Crippen molar-refractivity contribution in [3.63, 3.8) is 0 Å². The number of hydrogen-bond acceptors (Lipinski definition) is 2. The van der Waals surface area contributed by atoms with Crippen LogP contribution in [0, 0.1) is 6.92 Å². The van der Waals surface area contributed by atoms with Crippen molar-refractivity contribution < 1.29 is 0 Å². The highest BCUT2D eigenvalue weighted by atomic mass is 15.2. The number of anilines is 6. The van der Waals surface area contributed by atoms with E-state index in [1.165, 1.54) is 27.4 Å². The summed E-state index contributed by atoms with van der Waals surface area (Å²) < 4.78 is 2.37. The molecule has 0 amide bonds. The van der Waals surface area contributed by atoms with E-state index < -0.39 is 0 Å². The molecule has 3 nitrogen and oxygen atoms in total. The van der Waals surface area contributed by atoms with E-state index in [1.54, 1.807) is 0 Å². The van der Waals surface area contributed by atoms with Crippen LogP contribution in [0.2, 0.25) is 0 Å². The molecule has 220 valence electrons. The highest BCUT2D eigenvalue weighted by molar-refractivity contribution is 6.11. The number of aryl methyl sites for hydroxylation is 1. The number of hydrogen-bond donors (Lipinski definition) is 0. The minimum Gasteiger partial charge on any atom is -0.311 e. The van der Waals surface area contributed by atoms with E-state index in [0.717, 1.165) is 39.8 Å². The van der Waals surface area contributed by atoms with Gasteiger partial charge in [0.15, 0.2) is 0 Å². The first kappa shape index (κ1) is 27.5. The van der Waals surface area contributed by atoms with E-state index in [2.05, 4.69) is 203 Å². The lowest BCUT2D eigenvalue weighted by Gasteiger charge is -2.28. The van der Waals surface area contributed by atoms with Crippen LogP contribution in [0.4, 0.5) is 34.1 Å². The summed E-state index contributed by atoms with van der Waals surface area (Å²) in [6, 6.07) is 64.8. The van der Waals surface area contributed by atoms with Crippen LogP contribution < -0.4 is 9.80 Å². The fourth-order valence-corrected chi connectivity index (χ4v) is 6.50. The number of para-hydroxylation sites is 4. The van der Waals surface area contributed by atoms with Gasteiger partial charge in [-0.15, -0.1) is 0 Å². The first-order valence-electron chi connectivity index (χ1n) is 15.7. The van der Waals surface area contributed by atoms with Gasteiger partial charge >= 0.3 is 0 Å². The van der Waals surface area contributed by atoms with Crippen LogP contribution in [0.15, 0.2) is 182 Å². The molecule has 3 heteroatoms. The summed E-state index contributed by atoms with van der Waals surface area (Å²) in [5, 5.41) is 2.49. The molecule has 0 aliphatic heterocycles. The van der Waals surface area contributed by atoms with Crippen molar-refractivity contribution in [2.24, 2.45) is 0 Å². The summed E-state index contributed by atoms with van der Waals surface area (Å²) in [6.45, 7) is 2.17. The van der Waals surface area contributed by atoms with E-state index in [0.29, 0.717) is 0 Å². The molecular weight excluding hydrogens is 558 g/mol. The first-order chi connectivity index (χ1) is 22.7. The van der Waals surface area contributed by atoms with Crippen LogP contribution in [-0.4, -0.2) is 4.57 Å². The summed E-state index contributed by atoms with van der Waals surface area (Å²) >= 11 is 0. The molecule has 8 rings (SSSR count). The first-order valence-corrected chi connectivity index (χ1v) is 15.7. The molecule has 0 bridgehead atoms. The van der Waals surface area contributed by atoms with Gasteiger partial charge < -0.3 is 14.4 Å². The summed E-state index contributed by atoms with van der Waals surface area (Å²) in [6.07, 6.45) is 0. The molecule has 0 spiro atoms. The van der Waals surface area contributed by atoms with E-state index >= 15 is 0 Å². The van der Waals surface area contributed by atoms with Gasteiger partial charge in [-0.25, -0.2) is 0 Å². The van der Waals surface area contributed by atoms with Gasteiger partial charge in [0.2, 0.25) is 0 Å². The second-order valence-corrected chi connectivity index (χ2v) is 11.6. The molecule has 1 aromatic heterocycles. The molecule has 0 fully saturated rings. The van der Waals surface area contributed by atoms with Crippen LogP contribution in [0.3, 0.4) is 0 Å². The summed E-state index contributed by atoms with van der Waals surface area (Å²) in [4.78, 5) is 4.64. The van der Waals surface area contributed by atoms with Crippen LogP contribution in [0.25, 0.3) is 27.5 Å². The molecule has 46 heavy (non-hydrogen) atoms. The molecule has 0 N–H and O–H groups in total. The number of benzene rings is 7. The Kier molecular flexibility index (Phi) is 7.05. The number of fused-ring (bicyclic) bond motifs is 3. The van der Waals surface area contributed by atoms with E-state index in [9.17, 15) is 0 Å². The van der Waals surface area contributed by atoms with Crippen molar-refractivity contribution in [3.05, 3.63) is 188 Å². The molecule has 1 heterocycles. The van der Waals surface area contributed by atoms with Crippen LogP contribution in [0.5, 0.6) is 0 Å². The number of nitrogens with zero attached hydrogens (tertiary/aromatic N) is 3. The van der Waals surface area contributed by atoms with Gasteiger partial charge in [0.1, 0.15) is 0 Å². The standard InChI is InChI=1S/C43H33N3/c1-32-22-28-42-40(30-32)41-31-39(27-29-43(41)46(42)36-20-12-5-13-21-36)45(35-18-10-4-11-19-35)38-25-23-37(24-26-38)44(33-14-6-2-7-15-33)34-16-8-3-9-17-34/h2-31H,1H3. The Morgan fingerprint density at radius 2 is 0.717 bits per heavy atom. The normalized spacial score (nSPS) is 11.2. The van der Waals surface area contributed by atoms with E-state index in [4.69, 9.17) is 0 Å². The molecule has 0 atom stereocenters. The lowest BCUT2D eigenvalue weighted by atomic mass is 10.1. The van der Waals surface area contributed by atoms with Gasteiger partial charge in [0, 0.05) is 50.6 Å². The fraction of sp³-hybridized carbons (Fsp3) is 0.0233. The maximum atomic E-state index is 2.37. The molecule has 0 aliphatic rings. The Morgan fingerprint density at radius 3 is 1.22 bits per heavy atom. The highest BCUT2D eigenvalue weighted by Crippen LogP contribution is 2.41. The van der Waals surface area contributed by atoms with Crippen LogP contribution in [-0.2, 0) is 0 Å². The predicted octanol–water partition coefficient (Wildman–Crippen LogP) is 12.0. The van der Waals surface area contributed by atoms with Crippen molar-refractivity contribution in [1.82, 2.24) is 4.57 Å². The van der Waals surface area contributed by atoms with Crippen molar-refractivity contribution in [1.29, 1.82) is 0 Å². The maximum Gasteiger partial charge on any atom is 0.0542 e. The Hall–Kier alpha value is -6.06. The molecule has 8 aromatic rings. The monoisotopic (exact) mass is 591 g/mol. The zero-order valence-corrected chi connectivity index (χ0v) is 25.7. The molecule has 0 radical (unpaired) electrons. The van der Waals surface area contributed by atoms with Crippen molar-refractivity contribution in [2.45, 2.75) is 6.92 Å². The largest absolute Gasteiger partial charge is 0.311 e. The summed E-state index contributed by atoms with van der Waals surface area (Å²) in [5.41, 5.74) is 11.5. The SMILES string of the molecule is Cc1ccc2c(c1)c1cc(N(c3ccccc3)c3ccc(N(c4ccccc4)c4ccccc4)cc3)ccc1n2-c1ccccc1. The molecular formula is C43H33N3. The number of aromatic nitrogens is 1. The zero-order chi connectivity index (χ0) is 30.9. The molecule has 0 saturated heterocycles. The predicted molar refractivity (Wildman–Crippen MR) is 195 cm³/mol. The van der Waals surface area contributed by atoms with Crippen molar-refractivity contribution >= 4 is 55.9 Å². The third-order valence-electron chi connectivity index (χ3n) is 8.59. The number of rotatable bonds is 7. The Bertz CT molecular complexity index is 2200. The average Bonchev–Trinajstić information content (AvgIpc) is 3.44. The lowest BCUT2D eigenvalue weighted by Crippen LogP contribution is -2.12. The Balaban J connectivity index is 1.27. The maximum absolute atomic E-state index is 2.37. The van der Waals surface area contributed by atoms with Crippen LogP contribution in [0.1, 0.15) is 5.56 Å². The summed E-state index contributed by atoms with van der Waals surface area (Å²) in [7, 11) is 0. The van der Waals surface area contributed by atoms with Gasteiger partial charge in [-0.2, -0.15) is 0 Å². The van der Waals surface area contributed by atoms with Crippen molar-refractivity contribution in [3.8, 4) is 5.69 Å². The van der Waals surface area contributed by atoms with Gasteiger partial charge in [0.25, 0.3) is 0 Å². The fourth-order valence-electron chi connectivity index (χ4n) is 6.50. The highest BCUT2D eigenvalue weighted by Gasteiger charge is 2.18. The minimum atomic E-state index is 1.10. The lowest BCUT2D eigenvalue weighted by molar-refractivity contribution is 1.18. The van der Waals surface area contributed by atoms with Gasteiger partial charge in [0.05, 0.1) is 11.0 Å². The Labute approximate surface area is 269 Å². The van der Waals surface area contributed by atoms with E-state index in [1.807, 2.05) is 0 Å². The summed E-state index contributed by atoms with van der Waals surface area (Å²) in [5.74, 6) is 0. The molecule has 0 saturated carbocycles. The quantitative estimate of drug-likeness (QED) is 0.183. The van der Waals surface area contributed by atoms with E-state index in [-0.39, 0.29) is 0 Å². The zero-order valence-electron chi connectivity index (χ0n) is 25.7. The average molecular weight is 592 g/mol. The van der Waals surface area contributed by atoms with Gasteiger partial charge in [-0.1, -0.05) is 84.4 Å². The smallest absolute Gasteiger partial charge is 0.0542 e. The molecule has 7 aromatic carbocycles. The second kappa shape index (κ2) is 11.8. The van der Waals surface area contributed by atoms with Crippen molar-refractivity contribution in [2.75, 3.05) is 9.80 Å². The molecule has 0 unspecified atom stereocenters. The topological polar surface area (TPSA) is 11.4 Å². The Morgan fingerprint density at radius 1 is 0.348 bits per heavy atom.